The van der Waals surface area contributed by atoms with Crippen LogP contribution in [-0.2, 0) is 28.9 Å². The van der Waals surface area contributed by atoms with Crippen LogP contribution >= 0.6 is 24.0 Å². The quantitative estimate of drug-likeness (QED) is 0.247. The maximum atomic E-state index is 13.4. The van der Waals surface area contributed by atoms with Crippen LogP contribution in [-0.4, -0.2) is 27.0 Å². The largest absolute Gasteiger partial charge is 0.357 e. The molecule has 0 aliphatic rings. The normalized spacial score (nSPS) is 11.9. The van der Waals surface area contributed by atoms with E-state index in [0.29, 0.717) is 31.2 Å². The number of rotatable bonds is 9. The molecule has 2 aromatic rings. The van der Waals surface area contributed by atoms with E-state index in [1.165, 1.54) is 6.07 Å². The number of hydrogen-bond acceptors (Lipinski definition) is 3. The zero-order valence-electron chi connectivity index (χ0n) is 18.4. The van der Waals surface area contributed by atoms with Gasteiger partial charge in [-0.1, -0.05) is 36.4 Å². The molecule has 0 unspecified atom stereocenters. The summed E-state index contributed by atoms with van der Waals surface area (Å²) in [5.41, 5.74) is 3.29. The molecule has 172 valence electrons. The molecule has 0 amide bonds. The van der Waals surface area contributed by atoms with Crippen molar-refractivity contribution in [3.63, 3.8) is 0 Å². The maximum absolute atomic E-state index is 13.4. The number of aliphatic imine (C=N–C) groups is 1. The summed E-state index contributed by atoms with van der Waals surface area (Å²) in [5, 5.41) is 6.45. The summed E-state index contributed by atoms with van der Waals surface area (Å²) in [7, 11) is -3.34. The van der Waals surface area contributed by atoms with Crippen LogP contribution in [0.15, 0.2) is 47.5 Å². The van der Waals surface area contributed by atoms with Crippen molar-refractivity contribution in [2.24, 2.45) is 4.99 Å². The van der Waals surface area contributed by atoms with Crippen LogP contribution in [0, 0.1) is 12.7 Å². The summed E-state index contributed by atoms with van der Waals surface area (Å²) in [4.78, 5) is 4.55. The lowest BCUT2D eigenvalue weighted by Crippen LogP contribution is -2.36. The van der Waals surface area contributed by atoms with Gasteiger partial charge in [-0.05, 0) is 56.0 Å². The standard InChI is InChI=1S/C22H31FN4O2S.HI/c1-5-24-22(26-14-20-10-11-21(23)17(4)12-20)25-13-18-6-8-19(9-7-18)15-30(28,29)27-16(2)3;/h6-12,16,27H,5,13-15H2,1-4H3,(H2,24,25,26);1H. The van der Waals surface area contributed by atoms with Crippen molar-refractivity contribution >= 4 is 40.0 Å². The summed E-state index contributed by atoms with van der Waals surface area (Å²) in [6.07, 6.45) is 0. The van der Waals surface area contributed by atoms with Gasteiger partial charge in [0.25, 0.3) is 0 Å². The molecule has 0 bridgehead atoms. The van der Waals surface area contributed by atoms with Gasteiger partial charge < -0.3 is 10.6 Å². The number of nitrogens with one attached hydrogen (secondary N) is 3. The van der Waals surface area contributed by atoms with Gasteiger partial charge in [-0.2, -0.15) is 0 Å². The number of halogens is 2. The average molecular weight is 562 g/mol. The predicted molar refractivity (Wildman–Crippen MR) is 136 cm³/mol. The summed E-state index contributed by atoms with van der Waals surface area (Å²) in [6, 6.07) is 12.3. The number of nitrogens with zero attached hydrogens (tertiary/aromatic N) is 1. The third kappa shape index (κ3) is 9.96. The molecule has 0 saturated heterocycles. The predicted octanol–water partition coefficient (Wildman–Crippen LogP) is 3.84. The molecule has 0 aromatic heterocycles. The lowest BCUT2D eigenvalue weighted by atomic mass is 10.1. The minimum atomic E-state index is -3.34. The van der Waals surface area contributed by atoms with Gasteiger partial charge in [-0.25, -0.2) is 22.5 Å². The lowest BCUT2D eigenvalue weighted by molar-refractivity contribution is 0.569. The third-order valence-corrected chi connectivity index (χ3v) is 5.79. The molecule has 0 saturated carbocycles. The second-order valence-corrected chi connectivity index (χ2v) is 9.23. The number of sulfonamides is 1. The van der Waals surface area contributed by atoms with Gasteiger partial charge in [-0.3, -0.25) is 0 Å². The Morgan fingerprint density at radius 3 is 2.23 bits per heavy atom. The van der Waals surface area contributed by atoms with Crippen molar-refractivity contribution in [2.75, 3.05) is 6.54 Å². The molecule has 6 nitrogen and oxygen atoms in total. The summed E-state index contributed by atoms with van der Waals surface area (Å²) >= 11 is 0. The van der Waals surface area contributed by atoms with Crippen LogP contribution in [0.25, 0.3) is 0 Å². The highest BCUT2D eigenvalue weighted by Gasteiger charge is 2.12. The molecule has 9 heteroatoms. The minimum Gasteiger partial charge on any atom is -0.357 e. The van der Waals surface area contributed by atoms with Crippen LogP contribution in [0.5, 0.6) is 0 Å². The topological polar surface area (TPSA) is 82.6 Å². The first-order valence-electron chi connectivity index (χ1n) is 10.0. The van der Waals surface area contributed by atoms with Crippen molar-refractivity contribution in [1.29, 1.82) is 0 Å². The highest BCUT2D eigenvalue weighted by atomic mass is 127. The smallest absolute Gasteiger partial charge is 0.216 e. The van der Waals surface area contributed by atoms with E-state index in [-0.39, 0.29) is 41.6 Å². The van der Waals surface area contributed by atoms with Crippen LogP contribution in [0.3, 0.4) is 0 Å². The number of guanidine groups is 1. The van der Waals surface area contributed by atoms with Crippen LogP contribution in [0.4, 0.5) is 4.39 Å². The molecule has 0 aliphatic carbocycles. The highest BCUT2D eigenvalue weighted by Crippen LogP contribution is 2.11. The molecular formula is C22H32FIN4O2S. The third-order valence-electron chi connectivity index (χ3n) is 4.24. The second kappa shape index (κ2) is 13.0. The Bertz CT molecular complexity index is 964. The van der Waals surface area contributed by atoms with E-state index in [2.05, 4.69) is 20.3 Å². The van der Waals surface area contributed by atoms with Crippen molar-refractivity contribution in [3.8, 4) is 0 Å². The van der Waals surface area contributed by atoms with E-state index in [1.807, 2.05) is 31.2 Å². The van der Waals surface area contributed by atoms with Crippen molar-refractivity contribution < 1.29 is 12.8 Å². The maximum Gasteiger partial charge on any atom is 0.216 e. The van der Waals surface area contributed by atoms with E-state index < -0.39 is 10.0 Å². The molecule has 3 N–H and O–H groups in total. The fraction of sp³-hybridized carbons (Fsp3) is 0.409. The van der Waals surface area contributed by atoms with Gasteiger partial charge >= 0.3 is 0 Å². The molecule has 0 spiro atoms. The van der Waals surface area contributed by atoms with E-state index >= 15 is 0 Å². The van der Waals surface area contributed by atoms with Gasteiger partial charge in [0.15, 0.2) is 5.96 Å². The molecule has 0 atom stereocenters. The number of aryl methyl sites for hydroxylation is 1. The molecule has 2 aromatic carbocycles. The van der Waals surface area contributed by atoms with E-state index in [0.717, 1.165) is 16.7 Å². The van der Waals surface area contributed by atoms with E-state index in [4.69, 9.17) is 0 Å². The van der Waals surface area contributed by atoms with Crippen molar-refractivity contribution in [2.45, 2.75) is 52.6 Å². The Kier molecular flexibility index (Phi) is 11.4. The number of hydrogen-bond donors (Lipinski definition) is 3. The van der Waals surface area contributed by atoms with Gasteiger partial charge in [0, 0.05) is 19.1 Å². The van der Waals surface area contributed by atoms with Crippen LogP contribution in [0.2, 0.25) is 0 Å². The molecule has 0 fully saturated rings. The lowest BCUT2D eigenvalue weighted by Gasteiger charge is -2.12. The molecular weight excluding hydrogens is 530 g/mol. The van der Waals surface area contributed by atoms with E-state index in [1.54, 1.807) is 32.9 Å². The van der Waals surface area contributed by atoms with Crippen LogP contribution in [0.1, 0.15) is 43.0 Å². The summed E-state index contributed by atoms with van der Waals surface area (Å²) in [6.45, 7) is 9.02. The van der Waals surface area contributed by atoms with Gasteiger partial charge in [-0.15, -0.1) is 24.0 Å². The second-order valence-electron chi connectivity index (χ2n) is 7.48. The molecule has 0 heterocycles. The molecule has 0 radical (unpaired) electrons. The Balaban J connectivity index is 0.00000480. The number of benzene rings is 2. The average Bonchev–Trinajstić information content (AvgIpc) is 2.66. The van der Waals surface area contributed by atoms with Gasteiger partial charge in [0.1, 0.15) is 5.82 Å². The molecule has 2 rings (SSSR count). The monoisotopic (exact) mass is 562 g/mol. The minimum absolute atomic E-state index is 0. The first-order valence-corrected chi connectivity index (χ1v) is 11.7. The Morgan fingerprint density at radius 1 is 1.03 bits per heavy atom. The summed E-state index contributed by atoms with van der Waals surface area (Å²) < 4.78 is 40.1. The zero-order chi connectivity index (χ0) is 22.1. The van der Waals surface area contributed by atoms with Crippen LogP contribution < -0.4 is 15.4 Å². The first kappa shape index (κ1) is 27.3. The Labute approximate surface area is 202 Å². The van der Waals surface area contributed by atoms with Crippen molar-refractivity contribution in [3.05, 3.63) is 70.5 Å². The fourth-order valence-corrected chi connectivity index (χ4v) is 4.31. The summed E-state index contributed by atoms with van der Waals surface area (Å²) in [5.74, 6) is 0.399. The van der Waals surface area contributed by atoms with Crippen molar-refractivity contribution in [1.82, 2.24) is 15.4 Å². The Hall–Kier alpha value is -1.72. The Morgan fingerprint density at radius 2 is 1.65 bits per heavy atom. The first-order chi connectivity index (χ1) is 14.2. The molecule has 31 heavy (non-hydrogen) atoms. The van der Waals surface area contributed by atoms with E-state index in [9.17, 15) is 12.8 Å². The zero-order valence-corrected chi connectivity index (χ0v) is 21.6. The van der Waals surface area contributed by atoms with Gasteiger partial charge in [0.2, 0.25) is 10.0 Å². The van der Waals surface area contributed by atoms with Gasteiger partial charge in [0.05, 0.1) is 12.3 Å². The highest BCUT2D eigenvalue weighted by molar-refractivity contribution is 14.0. The molecule has 0 aliphatic heterocycles. The SMILES string of the molecule is CCNC(=NCc1ccc(F)c(C)c1)NCc1ccc(CS(=O)(=O)NC(C)C)cc1.I. The fourth-order valence-electron chi connectivity index (χ4n) is 2.88.